The highest BCUT2D eigenvalue weighted by Gasteiger charge is 2.71. The number of aromatic nitrogens is 1. The van der Waals surface area contributed by atoms with Gasteiger partial charge in [-0.2, -0.15) is 31.6 Å². The van der Waals surface area contributed by atoms with Gasteiger partial charge in [0.05, 0.1) is 12.5 Å². The van der Waals surface area contributed by atoms with Crippen LogP contribution in [-0.4, -0.2) is 58.5 Å². The van der Waals surface area contributed by atoms with Gasteiger partial charge in [0.25, 0.3) is 11.5 Å². The molecule has 1 amide bonds. The minimum Gasteiger partial charge on any atom is -0.466 e. The molecule has 2 aromatic rings. The van der Waals surface area contributed by atoms with E-state index in [1.807, 2.05) is 19.9 Å². The number of hydrogen-bond acceptors (Lipinski definition) is 5. The molecule has 1 fully saturated rings. The topological polar surface area (TPSA) is 95.6 Å². The van der Waals surface area contributed by atoms with Gasteiger partial charge >= 0.3 is 18.3 Å². The second-order valence-corrected chi connectivity index (χ2v) is 10.4. The first kappa shape index (κ1) is 32.7. The Bertz CT molecular complexity index is 1370. The van der Waals surface area contributed by atoms with Crippen LogP contribution in [-0.2, 0) is 19.9 Å². The van der Waals surface area contributed by atoms with Crippen LogP contribution >= 0.6 is 0 Å². The molecule has 0 aliphatic carbocycles. The molecule has 228 valence electrons. The van der Waals surface area contributed by atoms with Crippen LogP contribution < -0.4 is 0 Å². The van der Waals surface area contributed by atoms with Gasteiger partial charge in [0.15, 0.2) is 0 Å². The van der Waals surface area contributed by atoms with Gasteiger partial charge in [-0.1, -0.05) is 26.0 Å². The van der Waals surface area contributed by atoms with Gasteiger partial charge in [-0.15, -0.1) is 0 Å². The lowest BCUT2D eigenvalue weighted by atomic mass is 9.92. The Kier molecular flexibility index (Phi) is 9.51. The quantitative estimate of drug-likeness (QED) is 0.184. The van der Waals surface area contributed by atoms with E-state index in [2.05, 4.69) is 0 Å². The molecule has 13 heteroatoms. The summed E-state index contributed by atoms with van der Waals surface area (Å²) >= 11 is 0. The Morgan fingerprint density at radius 2 is 1.74 bits per heavy atom. The van der Waals surface area contributed by atoms with Gasteiger partial charge in [0, 0.05) is 35.7 Å². The van der Waals surface area contributed by atoms with Crippen LogP contribution in [0.25, 0.3) is 11.8 Å². The van der Waals surface area contributed by atoms with Crippen LogP contribution in [0.3, 0.4) is 0 Å². The fraction of sp³-hybridized carbons (Fsp3) is 0.483. The molecule has 1 N–H and O–H groups in total. The molecular formula is C29H31F6N3O4. The monoisotopic (exact) mass is 599 g/mol. The van der Waals surface area contributed by atoms with E-state index in [1.54, 1.807) is 24.5 Å². The molecule has 0 saturated carbocycles. The fourth-order valence-corrected chi connectivity index (χ4v) is 4.99. The maximum atomic E-state index is 13.3. The number of carbonyl (C=O) groups excluding carboxylic acids is 2. The normalized spacial score (nSPS) is 16.9. The Balaban J connectivity index is 2.01. The summed E-state index contributed by atoms with van der Waals surface area (Å²) in [5.41, 5.74) is -4.91. The first-order valence-electron chi connectivity index (χ1n) is 13.2. The summed E-state index contributed by atoms with van der Waals surface area (Å²) in [5.74, 6) is -1.68. The molecule has 1 saturated heterocycles. The first-order chi connectivity index (χ1) is 19.5. The van der Waals surface area contributed by atoms with Gasteiger partial charge in [-0.25, -0.2) is 0 Å². The zero-order valence-electron chi connectivity index (χ0n) is 23.4. The van der Waals surface area contributed by atoms with Crippen molar-refractivity contribution in [2.45, 2.75) is 64.4 Å². The SMILES string of the molecule is CCOC(=O)C1CCCN(C(=O)/C(C#N)=C/c2cc(C(C)C)n(-c3ccc(C(O)(C(F)(F)F)C(F)(F)F)cc3)c2C)C1. The van der Waals surface area contributed by atoms with Crippen molar-refractivity contribution in [2.24, 2.45) is 5.92 Å². The largest absolute Gasteiger partial charge is 0.466 e. The maximum Gasteiger partial charge on any atom is 0.430 e. The number of rotatable bonds is 7. The number of nitriles is 1. The predicted octanol–water partition coefficient (Wildman–Crippen LogP) is 5.93. The number of esters is 1. The lowest BCUT2D eigenvalue weighted by Gasteiger charge is -2.32. The van der Waals surface area contributed by atoms with Gasteiger partial charge in [-0.05, 0) is 62.4 Å². The van der Waals surface area contributed by atoms with Gasteiger partial charge in [-0.3, -0.25) is 9.59 Å². The smallest absolute Gasteiger partial charge is 0.430 e. The zero-order valence-corrected chi connectivity index (χ0v) is 23.4. The number of alkyl halides is 6. The number of carbonyl (C=O) groups is 2. The molecule has 0 spiro atoms. The maximum absolute atomic E-state index is 13.3. The number of hydrogen-bond donors (Lipinski definition) is 1. The Morgan fingerprint density at radius 3 is 2.24 bits per heavy atom. The second kappa shape index (κ2) is 12.2. The third-order valence-corrected chi connectivity index (χ3v) is 7.25. The predicted molar refractivity (Wildman–Crippen MR) is 140 cm³/mol. The highest BCUT2D eigenvalue weighted by Crippen LogP contribution is 2.50. The standard InChI is InChI=1S/C29H31F6N3O4/c1-5-42-26(40)19-7-6-12-37(16-19)25(39)21(15-36)13-20-14-24(17(2)3)38(18(20)4)23-10-8-22(9-11-23)27(41,28(30,31)32)29(33,34)35/h8-11,13-14,17,19,41H,5-7,12,16H2,1-4H3/b21-13+. The number of benzene rings is 1. The zero-order chi connectivity index (χ0) is 31.6. The van der Waals surface area contributed by atoms with Crippen molar-refractivity contribution < 1.29 is 45.8 Å². The van der Waals surface area contributed by atoms with Crippen LogP contribution in [0.4, 0.5) is 26.3 Å². The summed E-state index contributed by atoms with van der Waals surface area (Å²) in [5, 5.41) is 19.5. The van der Waals surface area contributed by atoms with E-state index >= 15 is 0 Å². The lowest BCUT2D eigenvalue weighted by molar-refractivity contribution is -0.376. The Hall–Kier alpha value is -3.79. The number of piperidine rings is 1. The van der Waals surface area contributed by atoms with E-state index in [4.69, 9.17) is 4.74 Å². The molecule has 1 aromatic heterocycles. The van der Waals surface area contributed by atoms with Crippen LogP contribution in [0.1, 0.15) is 62.0 Å². The van der Waals surface area contributed by atoms with E-state index in [1.165, 1.54) is 11.0 Å². The van der Waals surface area contributed by atoms with Crippen molar-refractivity contribution in [3.05, 3.63) is 58.4 Å². The van der Waals surface area contributed by atoms with E-state index in [-0.39, 0.29) is 30.3 Å². The molecule has 1 atom stereocenters. The van der Waals surface area contributed by atoms with Gasteiger partial charge in [0.1, 0.15) is 11.6 Å². The van der Waals surface area contributed by atoms with Crippen molar-refractivity contribution in [3.8, 4) is 11.8 Å². The number of ether oxygens (including phenoxy) is 1. The van der Waals surface area contributed by atoms with E-state index in [0.29, 0.717) is 48.5 Å². The lowest BCUT2D eigenvalue weighted by Crippen LogP contribution is -2.53. The molecule has 0 radical (unpaired) electrons. The molecule has 7 nitrogen and oxygen atoms in total. The molecule has 1 aliphatic heterocycles. The van der Waals surface area contributed by atoms with E-state index in [0.717, 1.165) is 12.1 Å². The van der Waals surface area contributed by atoms with Crippen LogP contribution in [0, 0.1) is 24.2 Å². The molecular weight excluding hydrogens is 568 g/mol. The third-order valence-electron chi connectivity index (χ3n) is 7.25. The fourth-order valence-electron chi connectivity index (χ4n) is 4.99. The Labute approximate surface area is 239 Å². The molecule has 2 heterocycles. The minimum atomic E-state index is -6.01. The average Bonchev–Trinajstić information content (AvgIpc) is 3.25. The summed E-state index contributed by atoms with van der Waals surface area (Å²) < 4.78 is 86.7. The molecule has 1 aromatic carbocycles. The van der Waals surface area contributed by atoms with E-state index in [9.17, 15) is 46.3 Å². The minimum absolute atomic E-state index is 0.0997. The van der Waals surface area contributed by atoms with Crippen molar-refractivity contribution in [1.82, 2.24) is 9.47 Å². The van der Waals surface area contributed by atoms with Crippen molar-refractivity contribution in [1.29, 1.82) is 5.26 Å². The highest BCUT2D eigenvalue weighted by molar-refractivity contribution is 6.02. The molecule has 1 aliphatic rings. The molecule has 1 unspecified atom stereocenters. The summed E-state index contributed by atoms with van der Waals surface area (Å²) in [4.78, 5) is 26.8. The summed E-state index contributed by atoms with van der Waals surface area (Å²) in [6.45, 7) is 7.60. The highest BCUT2D eigenvalue weighted by atomic mass is 19.4. The van der Waals surface area contributed by atoms with Crippen LogP contribution in [0.15, 0.2) is 35.9 Å². The number of likely N-dealkylation sites (tertiary alicyclic amines) is 1. The second-order valence-electron chi connectivity index (χ2n) is 10.4. The van der Waals surface area contributed by atoms with Gasteiger partial charge in [0.2, 0.25) is 0 Å². The third kappa shape index (κ3) is 6.18. The molecule has 3 rings (SSSR count). The molecule has 0 bridgehead atoms. The van der Waals surface area contributed by atoms with Gasteiger partial charge < -0.3 is 19.3 Å². The van der Waals surface area contributed by atoms with Crippen LogP contribution in [0.2, 0.25) is 0 Å². The summed E-state index contributed by atoms with van der Waals surface area (Å²) in [7, 11) is 0. The summed E-state index contributed by atoms with van der Waals surface area (Å²) in [6.07, 6.45) is -9.55. The number of aliphatic hydroxyl groups is 1. The summed E-state index contributed by atoms with van der Waals surface area (Å²) in [6, 6.07) is 6.77. The van der Waals surface area contributed by atoms with Crippen LogP contribution in [0.5, 0.6) is 0 Å². The van der Waals surface area contributed by atoms with Crippen molar-refractivity contribution in [3.63, 3.8) is 0 Å². The Morgan fingerprint density at radius 1 is 1.14 bits per heavy atom. The number of nitrogens with zero attached hydrogens (tertiary/aromatic N) is 3. The van der Waals surface area contributed by atoms with Crippen molar-refractivity contribution >= 4 is 18.0 Å². The van der Waals surface area contributed by atoms with Crippen molar-refractivity contribution in [2.75, 3.05) is 19.7 Å². The molecule has 42 heavy (non-hydrogen) atoms. The number of halogens is 6. The average molecular weight is 600 g/mol. The first-order valence-corrected chi connectivity index (χ1v) is 13.2. The number of amides is 1. The van der Waals surface area contributed by atoms with E-state index < -0.39 is 41.3 Å².